The highest BCUT2D eigenvalue weighted by Gasteiger charge is 2.20. The predicted octanol–water partition coefficient (Wildman–Crippen LogP) is 1.52. The van der Waals surface area contributed by atoms with Crippen LogP contribution in [0.4, 0.5) is 0 Å². The molecule has 2 aliphatic heterocycles. The molecule has 5 heteroatoms. The smallest absolute Gasteiger partial charge is 0.231 e. The Bertz CT molecular complexity index is 481. The normalized spacial score (nSPS) is 23.2. The Labute approximate surface area is 125 Å². The second-order valence-electron chi connectivity index (χ2n) is 5.92. The first-order valence-electron chi connectivity index (χ1n) is 7.72. The minimum atomic E-state index is -0.520. The molecule has 116 valence electrons. The molecule has 2 N–H and O–H groups in total. The summed E-state index contributed by atoms with van der Waals surface area (Å²) in [5, 5.41) is 13.7. The van der Waals surface area contributed by atoms with E-state index in [1.165, 1.54) is 25.8 Å². The fraction of sp³-hybridized carbons (Fsp3) is 0.625. The molecule has 2 unspecified atom stereocenters. The second-order valence-corrected chi connectivity index (χ2v) is 5.92. The number of nitrogens with zero attached hydrogens (tertiary/aromatic N) is 1. The molecule has 0 radical (unpaired) electrons. The molecule has 0 amide bonds. The van der Waals surface area contributed by atoms with Crippen LogP contribution >= 0.6 is 0 Å². The van der Waals surface area contributed by atoms with Crippen LogP contribution in [0, 0.1) is 0 Å². The molecule has 1 aromatic rings. The zero-order chi connectivity index (χ0) is 14.7. The van der Waals surface area contributed by atoms with Crippen LogP contribution in [0.5, 0.6) is 11.5 Å². The van der Waals surface area contributed by atoms with E-state index in [1.807, 2.05) is 18.2 Å². The van der Waals surface area contributed by atoms with Gasteiger partial charge in [0.25, 0.3) is 0 Å². The van der Waals surface area contributed by atoms with Crippen molar-refractivity contribution in [2.45, 2.75) is 31.4 Å². The monoisotopic (exact) mass is 292 g/mol. The van der Waals surface area contributed by atoms with Gasteiger partial charge in [0.1, 0.15) is 0 Å². The molecule has 2 heterocycles. The second kappa shape index (κ2) is 6.64. The highest BCUT2D eigenvalue weighted by molar-refractivity contribution is 5.45. The van der Waals surface area contributed by atoms with Crippen molar-refractivity contribution in [1.82, 2.24) is 10.2 Å². The number of benzene rings is 1. The van der Waals surface area contributed by atoms with E-state index in [2.05, 4.69) is 17.3 Å². The van der Waals surface area contributed by atoms with Gasteiger partial charge in [-0.15, -0.1) is 0 Å². The van der Waals surface area contributed by atoms with Gasteiger partial charge in [-0.2, -0.15) is 0 Å². The lowest BCUT2D eigenvalue weighted by Gasteiger charge is -2.32. The Balaban J connectivity index is 1.48. The highest BCUT2D eigenvalue weighted by Crippen LogP contribution is 2.34. The molecule has 2 atom stereocenters. The van der Waals surface area contributed by atoms with Crippen LogP contribution in [-0.4, -0.2) is 49.5 Å². The summed E-state index contributed by atoms with van der Waals surface area (Å²) in [6, 6.07) is 6.20. The van der Waals surface area contributed by atoms with Crippen molar-refractivity contribution in [3.63, 3.8) is 0 Å². The molecule has 0 saturated carbocycles. The first-order valence-corrected chi connectivity index (χ1v) is 7.72. The zero-order valence-electron chi connectivity index (χ0n) is 12.5. The van der Waals surface area contributed by atoms with Crippen molar-refractivity contribution in [2.24, 2.45) is 0 Å². The van der Waals surface area contributed by atoms with Gasteiger partial charge in [-0.05, 0) is 44.1 Å². The number of nitrogens with one attached hydrogen (secondary N) is 1. The van der Waals surface area contributed by atoms with Crippen molar-refractivity contribution in [2.75, 3.05) is 33.5 Å². The van der Waals surface area contributed by atoms with Gasteiger partial charge in [-0.25, -0.2) is 0 Å². The topological polar surface area (TPSA) is 54.0 Å². The fourth-order valence-electron chi connectivity index (χ4n) is 3.03. The van der Waals surface area contributed by atoms with Crippen LogP contribution in [0.25, 0.3) is 0 Å². The van der Waals surface area contributed by atoms with E-state index in [-0.39, 0.29) is 6.79 Å². The van der Waals surface area contributed by atoms with Gasteiger partial charge >= 0.3 is 0 Å². The van der Waals surface area contributed by atoms with Gasteiger partial charge in [0.05, 0.1) is 6.10 Å². The number of aliphatic hydroxyl groups is 1. The Morgan fingerprint density at radius 3 is 3.05 bits per heavy atom. The molecule has 21 heavy (non-hydrogen) atoms. The lowest BCUT2D eigenvalue weighted by atomic mass is 10.0. The van der Waals surface area contributed by atoms with Crippen LogP contribution in [0.2, 0.25) is 0 Å². The van der Waals surface area contributed by atoms with E-state index in [0.29, 0.717) is 12.6 Å². The largest absolute Gasteiger partial charge is 0.454 e. The number of aliphatic hydroxyl groups excluding tert-OH is 1. The molecule has 1 fully saturated rings. The van der Waals surface area contributed by atoms with Gasteiger partial charge in [0.15, 0.2) is 11.5 Å². The maximum atomic E-state index is 10.3. The Kier molecular flexibility index (Phi) is 4.63. The van der Waals surface area contributed by atoms with E-state index < -0.39 is 6.10 Å². The number of likely N-dealkylation sites (N-methyl/N-ethyl adjacent to an activating group) is 1. The summed E-state index contributed by atoms with van der Waals surface area (Å²) in [7, 11) is 2.18. The molecular weight excluding hydrogens is 268 g/mol. The first-order chi connectivity index (χ1) is 10.2. The van der Waals surface area contributed by atoms with Gasteiger partial charge in [-0.1, -0.05) is 12.5 Å². The van der Waals surface area contributed by atoms with Gasteiger partial charge < -0.3 is 24.8 Å². The summed E-state index contributed by atoms with van der Waals surface area (Å²) in [6.45, 7) is 2.93. The third-order valence-electron chi connectivity index (χ3n) is 4.42. The molecule has 0 spiro atoms. The average molecular weight is 292 g/mol. The van der Waals surface area contributed by atoms with Crippen molar-refractivity contribution in [3.8, 4) is 11.5 Å². The quantitative estimate of drug-likeness (QED) is 0.862. The third-order valence-corrected chi connectivity index (χ3v) is 4.42. The Hall–Kier alpha value is -1.30. The number of piperidine rings is 1. The molecule has 1 aromatic carbocycles. The molecular formula is C16H24N2O3. The molecule has 2 aliphatic rings. The number of hydrogen-bond donors (Lipinski definition) is 2. The number of fused-ring (bicyclic) bond motifs is 1. The SMILES string of the molecule is CN1CCCCC1CNCC(O)c1ccc2c(c1)OCO2. The Morgan fingerprint density at radius 1 is 1.33 bits per heavy atom. The fourth-order valence-corrected chi connectivity index (χ4v) is 3.03. The predicted molar refractivity (Wildman–Crippen MR) is 80.7 cm³/mol. The van der Waals surface area contributed by atoms with Gasteiger partial charge in [0.2, 0.25) is 6.79 Å². The van der Waals surface area contributed by atoms with Crippen molar-refractivity contribution in [1.29, 1.82) is 0 Å². The minimum absolute atomic E-state index is 0.265. The first kappa shape index (κ1) is 14.6. The lowest BCUT2D eigenvalue weighted by molar-refractivity contribution is 0.153. The van der Waals surface area contributed by atoms with Crippen molar-refractivity contribution >= 4 is 0 Å². The summed E-state index contributed by atoms with van der Waals surface area (Å²) in [5.74, 6) is 1.47. The van der Waals surface area contributed by atoms with Crippen LogP contribution < -0.4 is 14.8 Å². The summed E-state index contributed by atoms with van der Waals surface area (Å²) in [4.78, 5) is 2.41. The minimum Gasteiger partial charge on any atom is -0.454 e. The van der Waals surface area contributed by atoms with Crippen molar-refractivity contribution in [3.05, 3.63) is 23.8 Å². The number of hydrogen-bond acceptors (Lipinski definition) is 5. The van der Waals surface area contributed by atoms with E-state index >= 15 is 0 Å². The number of ether oxygens (including phenoxy) is 2. The number of rotatable bonds is 5. The third kappa shape index (κ3) is 3.48. The molecule has 0 aliphatic carbocycles. The lowest BCUT2D eigenvalue weighted by Crippen LogP contribution is -2.43. The summed E-state index contributed by atoms with van der Waals surface area (Å²) in [5.41, 5.74) is 0.865. The van der Waals surface area contributed by atoms with Crippen LogP contribution in [0.1, 0.15) is 30.9 Å². The Morgan fingerprint density at radius 2 is 2.19 bits per heavy atom. The van der Waals surface area contributed by atoms with Gasteiger partial charge in [0, 0.05) is 19.1 Å². The van der Waals surface area contributed by atoms with E-state index in [4.69, 9.17) is 9.47 Å². The van der Waals surface area contributed by atoms with Crippen LogP contribution in [0.15, 0.2) is 18.2 Å². The van der Waals surface area contributed by atoms with Crippen molar-refractivity contribution < 1.29 is 14.6 Å². The summed E-state index contributed by atoms with van der Waals surface area (Å²) < 4.78 is 10.6. The highest BCUT2D eigenvalue weighted by atomic mass is 16.7. The zero-order valence-corrected chi connectivity index (χ0v) is 12.5. The molecule has 1 saturated heterocycles. The van der Waals surface area contributed by atoms with Crippen LogP contribution in [0.3, 0.4) is 0 Å². The van der Waals surface area contributed by atoms with Gasteiger partial charge in [-0.3, -0.25) is 0 Å². The maximum absolute atomic E-state index is 10.3. The van der Waals surface area contributed by atoms with Crippen LogP contribution in [-0.2, 0) is 0 Å². The number of likely N-dealkylation sites (tertiary alicyclic amines) is 1. The maximum Gasteiger partial charge on any atom is 0.231 e. The van der Waals surface area contributed by atoms with E-state index in [9.17, 15) is 5.11 Å². The molecule has 5 nitrogen and oxygen atoms in total. The molecule has 0 bridgehead atoms. The van der Waals surface area contributed by atoms with E-state index in [0.717, 1.165) is 23.6 Å². The summed E-state index contributed by atoms with van der Waals surface area (Å²) >= 11 is 0. The molecule has 0 aromatic heterocycles. The van der Waals surface area contributed by atoms with E-state index in [1.54, 1.807) is 0 Å². The average Bonchev–Trinajstić information content (AvgIpc) is 2.96. The summed E-state index contributed by atoms with van der Waals surface area (Å²) in [6.07, 6.45) is 3.33. The molecule has 3 rings (SSSR count). The standard InChI is InChI=1S/C16H24N2O3/c1-18-7-3-2-4-13(18)9-17-10-14(19)12-5-6-15-16(8-12)21-11-20-15/h5-6,8,13-14,17,19H,2-4,7,9-11H2,1H3.